The summed E-state index contributed by atoms with van der Waals surface area (Å²) >= 11 is 0. The van der Waals surface area contributed by atoms with Gasteiger partial charge in [0.25, 0.3) is 0 Å². The highest BCUT2D eigenvalue weighted by Crippen LogP contribution is 2.14. The molecule has 1 heterocycles. The van der Waals surface area contributed by atoms with E-state index in [1.165, 1.54) is 11.6 Å². The Labute approximate surface area is 100.0 Å². The quantitative estimate of drug-likeness (QED) is 0.575. The summed E-state index contributed by atoms with van der Waals surface area (Å²) in [6, 6.07) is 9.83. The molecule has 1 saturated heterocycles. The lowest BCUT2D eigenvalue weighted by Gasteiger charge is -2.15. The van der Waals surface area contributed by atoms with E-state index in [0.29, 0.717) is 19.5 Å². The predicted octanol–water partition coefficient (Wildman–Crippen LogP) is 1.17. The van der Waals surface area contributed by atoms with Crippen LogP contribution in [-0.2, 0) is 16.0 Å². The van der Waals surface area contributed by atoms with E-state index in [-0.39, 0.29) is 11.9 Å². The highest BCUT2D eigenvalue weighted by Gasteiger charge is 2.28. The summed E-state index contributed by atoms with van der Waals surface area (Å²) in [5.74, 6) is 0.0740. The number of isocyanates is 1. The van der Waals surface area contributed by atoms with Gasteiger partial charge in [0.15, 0.2) is 0 Å². The summed E-state index contributed by atoms with van der Waals surface area (Å²) in [4.78, 5) is 27.1. The SMILES string of the molecule is O=C=NC1CC(=O)N(CCc2ccccc2)C1. The highest BCUT2D eigenvalue weighted by molar-refractivity contribution is 5.79. The minimum Gasteiger partial charge on any atom is -0.340 e. The summed E-state index contributed by atoms with van der Waals surface area (Å²) in [7, 11) is 0. The number of aliphatic imine (C=N–C) groups is 1. The van der Waals surface area contributed by atoms with Crippen LogP contribution < -0.4 is 0 Å². The zero-order chi connectivity index (χ0) is 12.1. The van der Waals surface area contributed by atoms with Crippen molar-refractivity contribution in [1.82, 2.24) is 4.90 Å². The maximum Gasteiger partial charge on any atom is 0.235 e. The van der Waals surface area contributed by atoms with E-state index < -0.39 is 0 Å². The van der Waals surface area contributed by atoms with Crippen molar-refractivity contribution < 1.29 is 9.59 Å². The van der Waals surface area contributed by atoms with Crippen LogP contribution in [0.4, 0.5) is 0 Å². The third-order valence-electron chi connectivity index (χ3n) is 2.94. The number of hydrogen-bond donors (Lipinski definition) is 0. The monoisotopic (exact) mass is 230 g/mol. The molecule has 88 valence electrons. The van der Waals surface area contributed by atoms with E-state index in [4.69, 9.17) is 0 Å². The topological polar surface area (TPSA) is 49.7 Å². The van der Waals surface area contributed by atoms with Crippen molar-refractivity contribution in [2.75, 3.05) is 13.1 Å². The van der Waals surface area contributed by atoms with E-state index in [9.17, 15) is 9.59 Å². The first-order valence-electron chi connectivity index (χ1n) is 5.68. The molecule has 0 N–H and O–H groups in total. The Bertz CT molecular complexity index is 438. The maximum atomic E-state index is 11.6. The first kappa shape index (κ1) is 11.6. The minimum atomic E-state index is -0.198. The largest absolute Gasteiger partial charge is 0.340 e. The number of carbonyl (C=O) groups is 1. The minimum absolute atomic E-state index is 0.0740. The fraction of sp³-hybridized carbons (Fsp3) is 0.385. The summed E-state index contributed by atoms with van der Waals surface area (Å²) in [6.45, 7) is 1.23. The van der Waals surface area contributed by atoms with Crippen molar-refractivity contribution in [2.45, 2.75) is 18.9 Å². The molecule has 1 amide bonds. The van der Waals surface area contributed by atoms with Crippen molar-refractivity contribution in [1.29, 1.82) is 0 Å². The third-order valence-corrected chi connectivity index (χ3v) is 2.94. The van der Waals surface area contributed by atoms with Gasteiger partial charge in [0, 0.05) is 13.1 Å². The molecule has 0 bridgehead atoms. The second-order valence-corrected chi connectivity index (χ2v) is 4.15. The molecule has 1 atom stereocenters. The van der Waals surface area contributed by atoms with E-state index in [1.807, 2.05) is 30.3 Å². The van der Waals surface area contributed by atoms with Crippen molar-refractivity contribution in [2.24, 2.45) is 4.99 Å². The molecule has 4 nitrogen and oxygen atoms in total. The number of nitrogens with zero attached hydrogens (tertiary/aromatic N) is 2. The van der Waals surface area contributed by atoms with Crippen LogP contribution in [0.3, 0.4) is 0 Å². The molecule has 1 fully saturated rings. The summed E-state index contributed by atoms with van der Waals surface area (Å²) < 4.78 is 0. The van der Waals surface area contributed by atoms with E-state index in [0.717, 1.165) is 6.42 Å². The Hall–Kier alpha value is -1.93. The van der Waals surface area contributed by atoms with Crippen LogP contribution in [0.2, 0.25) is 0 Å². The Morgan fingerprint density at radius 1 is 1.35 bits per heavy atom. The third kappa shape index (κ3) is 3.02. The molecule has 0 radical (unpaired) electrons. The zero-order valence-corrected chi connectivity index (χ0v) is 9.50. The lowest BCUT2D eigenvalue weighted by Crippen LogP contribution is -2.27. The lowest BCUT2D eigenvalue weighted by molar-refractivity contribution is -0.127. The van der Waals surface area contributed by atoms with Gasteiger partial charge in [-0.25, -0.2) is 9.79 Å². The molecule has 17 heavy (non-hydrogen) atoms. The first-order chi connectivity index (χ1) is 8.29. The number of likely N-dealkylation sites (tertiary alicyclic amines) is 1. The number of carbonyl (C=O) groups excluding carboxylic acids is 2. The van der Waals surface area contributed by atoms with Gasteiger partial charge in [-0.2, -0.15) is 0 Å². The van der Waals surface area contributed by atoms with Crippen LogP contribution >= 0.6 is 0 Å². The Morgan fingerprint density at radius 3 is 2.82 bits per heavy atom. The maximum absolute atomic E-state index is 11.6. The van der Waals surface area contributed by atoms with Crippen molar-refractivity contribution in [3.8, 4) is 0 Å². The molecule has 0 spiro atoms. The van der Waals surface area contributed by atoms with Crippen LogP contribution in [0.1, 0.15) is 12.0 Å². The van der Waals surface area contributed by atoms with Crippen LogP contribution in [0.5, 0.6) is 0 Å². The summed E-state index contributed by atoms with van der Waals surface area (Å²) in [6.07, 6.45) is 2.70. The number of hydrogen-bond acceptors (Lipinski definition) is 3. The standard InChI is InChI=1S/C13H14N2O2/c16-10-14-12-8-13(17)15(9-12)7-6-11-4-2-1-3-5-11/h1-5,12H,6-9H2. The number of amides is 1. The van der Waals surface area contributed by atoms with Gasteiger partial charge in [-0.05, 0) is 12.0 Å². The van der Waals surface area contributed by atoms with E-state index in [2.05, 4.69) is 4.99 Å². The van der Waals surface area contributed by atoms with Crippen molar-refractivity contribution in [3.05, 3.63) is 35.9 Å². The van der Waals surface area contributed by atoms with Gasteiger partial charge in [-0.15, -0.1) is 0 Å². The van der Waals surface area contributed by atoms with Crippen LogP contribution in [-0.4, -0.2) is 36.0 Å². The molecule has 1 aromatic rings. The number of benzene rings is 1. The molecule has 0 aromatic heterocycles. The molecular weight excluding hydrogens is 216 g/mol. The Morgan fingerprint density at radius 2 is 2.12 bits per heavy atom. The fourth-order valence-corrected chi connectivity index (χ4v) is 2.04. The van der Waals surface area contributed by atoms with Gasteiger partial charge >= 0.3 is 0 Å². The van der Waals surface area contributed by atoms with Crippen molar-refractivity contribution in [3.63, 3.8) is 0 Å². The zero-order valence-electron chi connectivity index (χ0n) is 9.50. The molecule has 2 rings (SSSR count). The van der Waals surface area contributed by atoms with Crippen LogP contribution in [0, 0.1) is 0 Å². The lowest BCUT2D eigenvalue weighted by atomic mass is 10.1. The van der Waals surface area contributed by atoms with Gasteiger partial charge in [-0.3, -0.25) is 4.79 Å². The van der Waals surface area contributed by atoms with Crippen molar-refractivity contribution >= 4 is 12.0 Å². The van der Waals surface area contributed by atoms with E-state index in [1.54, 1.807) is 4.90 Å². The van der Waals surface area contributed by atoms with Crippen LogP contribution in [0.25, 0.3) is 0 Å². The van der Waals surface area contributed by atoms with Crippen LogP contribution in [0.15, 0.2) is 35.3 Å². The molecule has 1 aliphatic rings. The first-order valence-corrected chi connectivity index (χ1v) is 5.68. The molecule has 0 aliphatic carbocycles. The molecule has 1 aliphatic heterocycles. The second-order valence-electron chi connectivity index (χ2n) is 4.15. The predicted molar refractivity (Wildman–Crippen MR) is 63.3 cm³/mol. The Kier molecular flexibility index (Phi) is 3.68. The van der Waals surface area contributed by atoms with Gasteiger partial charge in [0.1, 0.15) is 0 Å². The molecular formula is C13H14N2O2. The summed E-state index contributed by atoms with van der Waals surface area (Å²) in [5.41, 5.74) is 1.21. The van der Waals surface area contributed by atoms with Gasteiger partial charge in [0.05, 0.1) is 12.5 Å². The molecule has 1 aromatic carbocycles. The fourth-order valence-electron chi connectivity index (χ4n) is 2.04. The second kappa shape index (κ2) is 5.41. The van der Waals surface area contributed by atoms with Gasteiger partial charge < -0.3 is 4.90 Å². The molecule has 4 heteroatoms. The Balaban J connectivity index is 1.88. The number of rotatable bonds is 4. The highest BCUT2D eigenvalue weighted by atomic mass is 16.2. The molecule has 0 saturated carbocycles. The smallest absolute Gasteiger partial charge is 0.235 e. The van der Waals surface area contributed by atoms with E-state index >= 15 is 0 Å². The van der Waals surface area contributed by atoms with Gasteiger partial charge in [0.2, 0.25) is 12.0 Å². The average Bonchev–Trinajstić information content (AvgIpc) is 2.69. The normalized spacial score (nSPS) is 19.2. The molecule has 1 unspecified atom stereocenters. The summed E-state index contributed by atoms with van der Waals surface area (Å²) in [5, 5.41) is 0. The average molecular weight is 230 g/mol. The van der Waals surface area contributed by atoms with Gasteiger partial charge in [-0.1, -0.05) is 30.3 Å².